The summed E-state index contributed by atoms with van der Waals surface area (Å²) in [5, 5.41) is 1.03. The van der Waals surface area contributed by atoms with Gasteiger partial charge in [0.05, 0.1) is 5.52 Å². The van der Waals surface area contributed by atoms with Crippen LogP contribution in [-0.4, -0.2) is 9.97 Å². The third-order valence-corrected chi connectivity index (χ3v) is 2.02. The molecular weight excluding hydrogens is 186 g/mol. The van der Waals surface area contributed by atoms with Crippen molar-refractivity contribution < 1.29 is 0 Å². The third-order valence-electron chi connectivity index (χ3n) is 1.85. The number of hydrogen-bond donors (Lipinski definition) is 1. The Morgan fingerprint density at radius 3 is 2.85 bits per heavy atom. The fourth-order valence-electron chi connectivity index (χ4n) is 1.23. The molecule has 1 heterocycles. The van der Waals surface area contributed by atoms with Crippen LogP contribution >= 0.6 is 11.6 Å². The van der Waals surface area contributed by atoms with Crippen molar-refractivity contribution in [2.45, 2.75) is 6.92 Å². The standard InChI is InChI=1S/C9H8ClN3/c1-5-2-3-6-7(4-5)12-9(10)13-8(6)11/h2-4H,1H3,(H2,11,12,13). The molecular formula is C9H8ClN3. The van der Waals surface area contributed by atoms with E-state index < -0.39 is 0 Å². The number of hydrogen-bond acceptors (Lipinski definition) is 3. The van der Waals surface area contributed by atoms with Crippen LogP contribution in [0.1, 0.15) is 5.56 Å². The zero-order chi connectivity index (χ0) is 9.42. The molecule has 2 rings (SSSR count). The van der Waals surface area contributed by atoms with Crippen molar-refractivity contribution in [2.75, 3.05) is 5.73 Å². The number of fused-ring (bicyclic) bond motifs is 1. The average Bonchev–Trinajstić information content (AvgIpc) is 2.02. The second-order valence-electron chi connectivity index (χ2n) is 2.90. The second-order valence-corrected chi connectivity index (χ2v) is 3.24. The molecule has 0 radical (unpaired) electrons. The van der Waals surface area contributed by atoms with Crippen molar-refractivity contribution in [2.24, 2.45) is 0 Å². The first-order chi connectivity index (χ1) is 6.16. The molecule has 0 aliphatic heterocycles. The molecule has 0 fully saturated rings. The van der Waals surface area contributed by atoms with Crippen molar-refractivity contribution in [3.63, 3.8) is 0 Å². The predicted octanol–water partition coefficient (Wildman–Crippen LogP) is 2.17. The van der Waals surface area contributed by atoms with E-state index in [-0.39, 0.29) is 5.28 Å². The molecule has 2 N–H and O–H groups in total. The molecule has 3 nitrogen and oxygen atoms in total. The zero-order valence-electron chi connectivity index (χ0n) is 7.08. The molecule has 1 aromatic carbocycles. The van der Waals surface area contributed by atoms with Crippen molar-refractivity contribution in [1.82, 2.24) is 9.97 Å². The van der Waals surface area contributed by atoms with Crippen LogP contribution in [0.15, 0.2) is 18.2 Å². The van der Waals surface area contributed by atoms with Gasteiger partial charge in [-0.05, 0) is 36.2 Å². The number of rotatable bonds is 0. The smallest absolute Gasteiger partial charge is 0.224 e. The number of aromatic nitrogens is 2. The van der Waals surface area contributed by atoms with Gasteiger partial charge in [-0.2, -0.15) is 0 Å². The van der Waals surface area contributed by atoms with Gasteiger partial charge in [-0.3, -0.25) is 0 Å². The Labute approximate surface area is 80.6 Å². The number of aryl methyl sites for hydroxylation is 1. The van der Waals surface area contributed by atoms with Crippen LogP contribution in [-0.2, 0) is 0 Å². The highest BCUT2D eigenvalue weighted by Crippen LogP contribution is 2.20. The minimum atomic E-state index is 0.190. The lowest BCUT2D eigenvalue weighted by molar-refractivity contribution is 1.23. The summed E-state index contributed by atoms with van der Waals surface area (Å²) >= 11 is 5.67. The molecule has 0 unspecified atom stereocenters. The Bertz CT molecular complexity index is 462. The van der Waals surface area contributed by atoms with Gasteiger partial charge in [-0.25, -0.2) is 9.97 Å². The van der Waals surface area contributed by atoms with E-state index in [0.29, 0.717) is 5.82 Å². The summed E-state index contributed by atoms with van der Waals surface area (Å²) in [6.07, 6.45) is 0. The van der Waals surface area contributed by atoms with Gasteiger partial charge >= 0.3 is 0 Å². The molecule has 4 heteroatoms. The van der Waals surface area contributed by atoms with Crippen LogP contribution in [0.3, 0.4) is 0 Å². The Morgan fingerprint density at radius 1 is 1.31 bits per heavy atom. The lowest BCUT2D eigenvalue weighted by Crippen LogP contribution is -1.94. The summed E-state index contributed by atoms with van der Waals surface area (Å²) in [4.78, 5) is 7.94. The van der Waals surface area contributed by atoms with Crippen molar-refractivity contribution in [1.29, 1.82) is 0 Å². The van der Waals surface area contributed by atoms with Gasteiger partial charge in [0.25, 0.3) is 0 Å². The van der Waals surface area contributed by atoms with Crippen LogP contribution in [0.2, 0.25) is 5.28 Å². The molecule has 13 heavy (non-hydrogen) atoms. The highest BCUT2D eigenvalue weighted by molar-refractivity contribution is 6.28. The Balaban J connectivity index is 2.86. The van der Waals surface area contributed by atoms with Crippen LogP contribution < -0.4 is 5.73 Å². The molecule has 0 aliphatic rings. The fourth-order valence-corrected chi connectivity index (χ4v) is 1.42. The van der Waals surface area contributed by atoms with Crippen molar-refractivity contribution >= 4 is 28.3 Å². The van der Waals surface area contributed by atoms with E-state index >= 15 is 0 Å². The van der Waals surface area contributed by atoms with Crippen molar-refractivity contribution in [3.8, 4) is 0 Å². The zero-order valence-corrected chi connectivity index (χ0v) is 7.84. The lowest BCUT2D eigenvalue weighted by atomic mass is 10.2. The molecule has 0 bridgehead atoms. The first-order valence-electron chi connectivity index (χ1n) is 3.86. The largest absolute Gasteiger partial charge is 0.383 e. The monoisotopic (exact) mass is 193 g/mol. The molecule has 0 saturated heterocycles. The summed E-state index contributed by atoms with van der Waals surface area (Å²) in [7, 11) is 0. The van der Waals surface area contributed by atoms with Gasteiger partial charge in [0.15, 0.2) is 0 Å². The Kier molecular flexibility index (Phi) is 1.81. The topological polar surface area (TPSA) is 51.8 Å². The van der Waals surface area contributed by atoms with Crippen LogP contribution in [0.25, 0.3) is 10.9 Å². The summed E-state index contributed by atoms with van der Waals surface area (Å²) < 4.78 is 0. The number of nitrogens with two attached hydrogens (primary N) is 1. The summed E-state index contributed by atoms with van der Waals surface area (Å²) in [5.74, 6) is 0.426. The molecule has 0 aliphatic carbocycles. The molecule has 1 aromatic heterocycles. The molecule has 2 aromatic rings. The number of nitrogens with zero attached hydrogens (tertiary/aromatic N) is 2. The van der Waals surface area contributed by atoms with Gasteiger partial charge in [-0.1, -0.05) is 6.07 Å². The molecule has 66 valence electrons. The van der Waals surface area contributed by atoms with E-state index in [0.717, 1.165) is 16.5 Å². The second kappa shape index (κ2) is 2.85. The SMILES string of the molecule is Cc1ccc2c(N)nc(Cl)nc2c1. The first kappa shape index (κ1) is 8.26. The molecule has 0 saturated carbocycles. The van der Waals surface area contributed by atoms with E-state index in [4.69, 9.17) is 17.3 Å². The summed E-state index contributed by atoms with van der Waals surface area (Å²) in [5.41, 5.74) is 7.59. The summed E-state index contributed by atoms with van der Waals surface area (Å²) in [6.45, 7) is 1.99. The van der Waals surface area contributed by atoms with Gasteiger partial charge in [-0.15, -0.1) is 0 Å². The van der Waals surface area contributed by atoms with E-state index in [1.165, 1.54) is 0 Å². The highest BCUT2D eigenvalue weighted by atomic mass is 35.5. The molecule has 0 spiro atoms. The normalized spacial score (nSPS) is 10.6. The third kappa shape index (κ3) is 1.42. The van der Waals surface area contributed by atoms with E-state index in [1.807, 2.05) is 25.1 Å². The van der Waals surface area contributed by atoms with Crippen LogP contribution in [0.5, 0.6) is 0 Å². The van der Waals surface area contributed by atoms with Crippen molar-refractivity contribution in [3.05, 3.63) is 29.0 Å². The van der Waals surface area contributed by atoms with Gasteiger partial charge in [0.1, 0.15) is 5.82 Å². The maximum atomic E-state index is 5.67. The Hall–Kier alpha value is -1.35. The van der Waals surface area contributed by atoms with Gasteiger partial charge < -0.3 is 5.73 Å². The lowest BCUT2D eigenvalue weighted by Gasteiger charge is -2.01. The molecule has 0 amide bonds. The minimum Gasteiger partial charge on any atom is -0.383 e. The quantitative estimate of drug-likeness (QED) is 0.653. The number of benzene rings is 1. The van der Waals surface area contributed by atoms with Crippen LogP contribution in [0.4, 0.5) is 5.82 Å². The van der Waals surface area contributed by atoms with Crippen LogP contribution in [0, 0.1) is 6.92 Å². The van der Waals surface area contributed by atoms with E-state index in [9.17, 15) is 0 Å². The predicted molar refractivity (Wildman–Crippen MR) is 53.7 cm³/mol. The first-order valence-corrected chi connectivity index (χ1v) is 4.24. The number of nitrogen functional groups attached to an aromatic ring is 1. The average molecular weight is 194 g/mol. The Morgan fingerprint density at radius 2 is 2.08 bits per heavy atom. The number of halogens is 1. The van der Waals surface area contributed by atoms with Gasteiger partial charge in [0.2, 0.25) is 5.28 Å². The van der Waals surface area contributed by atoms with Gasteiger partial charge in [0, 0.05) is 5.39 Å². The fraction of sp³-hybridized carbons (Fsp3) is 0.111. The minimum absolute atomic E-state index is 0.190. The molecule has 0 atom stereocenters. The highest BCUT2D eigenvalue weighted by Gasteiger charge is 2.02. The van der Waals surface area contributed by atoms with E-state index in [1.54, 1.807) is 0 Å². The van der Waals surface area contributed by atoms with E-state index in [2.05, 4.69) is 9.97 Å². The maximum Gasteiger partial charge on any atom is 0.224 e. The maximum absolute atomic E-state index is 5.67. The number of anilines is 1. The summed E-state index contributed by atoms with van der Waals surface area (Å²) in [6, 6.07) is 5.80.